The molecule has 21 heavy (non-hydrogen) atoms. The molecule has 1 atom stereocenters. The molecule has 0 aromatic heterocycles. The number of nitrogens with one attached hydrogen (secondary N) is 1. The van der Waals surface area contributed by atoms with Gasteiger partial charge >= 0.3 is 5.69 Å². The normalized spacial score (nSPS) is 21.0. The van der Waals surface area contributed by atoms with Crippen LogP contribution in [-0.2, 0) is 6.54 Å². The van der Waals surface area contributed by atoms with Gasteiger partial charge in [0, 0.05) is 18.7 Å². The van der Waals surface area contributed by atoms with E-state index in [9.17, 15) is 10.1 Å². The molecule has 1 aromatic rings. The van der Waals surface area contributed by atoms with Gasteiger partial charge in [-0.25, -0.2) is 0 Å². The fourth-order valence-corrected chi connectivity index (χ4v) is 3.10. The molecule has 1 aliphatic carbocycles. The molecule has 1 N–H and O–H groups in total. The zero-order chi connectivity index (χ0) is 15.5. The molecule has 1 aliphatic rings. The van der Waals surface area contributed by atoms with Crippen molar-refractivity contribution < 1.29 is 9.66 Å². The highest BCUT2D eigenvalue weighted by atomic mass is 16.6. The molecule has 2 rings (SSSR count). The van der Waals surface area contributed by atoms with Gasteiger partial charge in [0.15, 0.2) is 5.75 Å². The third kappa shape index (κ3) is 3.73. The van der Waals surface area contributed by atoms with Crippen LogP contribution in [0.15, 0.2) is 18.2 Å². The fraction of sp³-hybridized carbons (Fsp3) is 0.625. The first-order valence-electron chi connectivity index (χ1n) is 7.49. The van der Waals surface area contributed by atoms with Crippen LogP contribution >= 0.6 is 0 Å². The maximum atomic E-state index is 11.0. The first-order valence-corrected chi connectivity index (χ1v) is 7.49. The van der Waals surface area contributed by atoms with Gasteiger partial charge in [-0.1, -0.05) is 32.8 Å². The van der Waals surface area contributed by atoms with E-state index in [-0.39, 0.29) is 11.1 Å². The molecule has 0 amide bonds. The number of benzene rings is 1. The highest BCUT2D eigenvalue weighted by molar-refractivity contribution is 5.48. The van der Waals surface area contributed by atoms with Crippen molar-refractivity contribution in [3.8, 4) is 5.75 Å². The Kier molecular flexibility index (Phi) is 4.83. The molecule has 1 aromatic carbocycles. The van der Waals surface area contributed by atoms with Crippen molar-refractivity contribution in [2.24, 2.45) is 5.41 Å². The molecule has 1 fully saturated rings. The van der Waals surface area contributed by atoms with E-state index in [0.717, 1.165) is 5.56 Å². The lowest BCUT2D eigenvalue weighted by Crippen LogP contribution is -2.43. The number of nitro groups is 1. The van der Waals surface area contributed by atoms with Crippen molar-refractivity contribution in [3.63, 3.8) is 0 Å². The summed E-state index contributed by atoms with van der Waals surface area (Å²) in [5.41, 5.74) is 1.24. The van der Waals surface area contributed by atoms with Gasteiger partial charge in [-0.15, -0.1) is 0 Å². The third-order valence-electron chi connectivity index (χ3n) is 4.50. The molecule has 0 spiro atoms. The van der Waals surface area contributed by atoms with Crippen molar-refractivity contribution in [1.82, 2.24) is 5.32 Å². The molecule has 0 heterocycles. The third-order valence-corrected chi connectivity index (χ3v) is 4.50. The minimum absolute atomic E-state index is 0.0275. The Bertz CT molecular complexity index is 514. The Morgan fingerprint density at radius 2 is 2.19 bits per heavy atom. The molecule has 0 radical (unpaired) electrons. The molecular formula is C16H24N2O3. The van der Waals surface area contributed by atoms with E-state index in [4.69, 9.17) is 4.74 Å². The molecule has 1 unspecified atom stereocenters. The Labute approximate surface area is 125 Å². The molecule has 0 aliphatic heterocycles. The minimum atomic E-state index is -0.396. The Morgan fingerprint density at radius 3 is 2.81 bits per heavy atom. The van der Waals surface area contributed by atoms with E-state index >= 15 is 0 Å². The number of hydrogen-bond donors (Lipinski definition) is 1. The van der Waals surface area contributed by atoms with Gasteiger partial charge in [0.25, 0.3) is 0 Å². The first kappa shape index (κ1) is 15.8. The van der Waals surface area contributed by atoms with Crippen LogP contribution < -0.4 is 10.1 Å². The zero-order valence-corrected chi connectivity index (χ0v) is 13.0. The second kappa shape index (κ2) is 6.43. The van der Waals surface area contributed by atoms with Crippen LogP contribution in [0, 0.1) is 15.5 Å². The summed E-state index contributed by atoms with van der Waals surface area (Å²) in [6.45, 7) is 5.24. The standard InChI is InChI=1S/C16H24N2O3/c1-16(2)9-5-4-6-15(16)17-11-12-7-8-14(21-3)13(10-12)18(19)20/h7-8,10,15,17H,4-6,9,11H2,1-3H3. The number of nitro benzene ring substituents is 1. The lowest BCUT2D eigenvalue weighted by atomic mass is 9.73. The largest absolute Gasteiger partial charge is 0.490 e. The average molecular weight is 292 g/mol. The van der Waals surface area contributed by atoms with Crippen LogP contribution in [0.1, 0.15) is 45.1 Å². The summed E-state index contributed by atoms with van der Waals surface area (Å²) in [5.74, 6) is 0.307. The fourth-order valence-electron chi connectivity index (χ4n) is 3.10. The number of ether oxygens (including phenoxy) is 1. The van der Waals surface area contributed by atoms with Gasteiger partial charge in [-0.2, -0.15) is 0 Å². The maximum absolute atomic E-state index is 11.0. The predicted octanol–water partition coefficient (Wildman–Crippen LogP) is 3.66. The van der Waals surface area contributed by atoms with Gasteiger partial charge in [0.2, 0.25) is 0 Å². The smallest absolute Gasteiger partial charge is 0.311 e. The van der Waals surface area contributed by atoms with Crippen molar-refractivity contribution in [1.29, 1.82) is 0 Å². The topological polar surface area (TPSA) is 64.4 Å². The van der Waals surface area contributed by atoms with Gasteiger partial charge in [0.05, 0.1) is 12.0 Å². The van der Waals surface area contributed by atoms with Crippen LogP contribution in [0.25, 0.3) is 0 Å². The number of nitrogens with zero attached hydrogens (tertiary/aromatic N) is 1. The van der Waals surface area contributed by atoms with Gasteiger partial charge in [-0.05, 0) is 29.9 Å². The van der Waals surface area contributed by atoms with Crippen molar-refractivity contribution in [2.45, 2.75) is 52.1 Å². The summed E-state index contributed by atoms with van der Waals surface area (Å²) in [4.78, 5) is 10.7. The second-order valence-electron chi connectivity index (χ2n) is 6.43. The maximum Gasteiger partial charge on any atom is 0.311 e. The second-order valence-corrected chi connectivity index (χ2v) is 6.43. The molecular weight excluding hydrogens is 268 g/mol. The Morgan fingerprint density at radius 1 is 1.43 bits per heavy atom. The monoisotopic (exact) mass is 292 g/mol. The lowest BCUT2D eigenvalue weighted by Gasteiger charge is -2.39. The predicted molar refractivity (Wildman–Crippen MR) is 82.5 cm³/mol. The van der Waals surface area contributed by atoms with E-state index < -0.39 is 4.92 Å². The van der Waals surface area contributed by atoms with Crippen LogP contribution in [0.2, 0.25) is 0 Å². The van der Waals surface area contributed by atoms with Crippen LogP contribution in [0.3, 0.4) is 0 Å². The Balaban J connectivity index is 2.06. The van der Waals surface area contributed by atoms with Crippen molar-refractivity contribution >= 4 is 5.69 Å². The summed E-state index contributed by atoms with van der Waals surface area (Å²) in [5, 5.41) is 14.6. The highest BCUT2D eigenvalue weighted by Crippen LogP contribution is 2.35. The van der Waals surface area contributed by atoms with Crippen molar-refractivity contribution in [2.75, 3.05) is 7.11 Å². The number of rotatable bonds is 5. The minimum Gasteiger partial charge on any atom is -0.490 e. The molecule has 0 saturated heterocycles. The van der Waals surface area contributed by atoms with Crippen LogP contribution in [-0.4, -0.2) is 18.1 Å². The van der Waals surface area contributed by atoms with Crippen LogP contribution in [0.5, 0.6) is 5.75 Å². The van der Waals surface area contributed by atoms with Crippen LogP contribution in [0.4, 0.5) is 5.69 Å². The Hall–Kier alpha value is -1.62. The highest BCUT2D eigenvalue weighted by Gasteiger charge is 2.31. The number of methoxy groups -OCH3 is 1. The van der Waals surface area contributed by atoms with E-state index in [0.29, 0.717) is 18.3 Å². The van der Waals surface area contributed by atoms with E-state index in [1.54, 1.807) is 12.1 Å². The summed E-state index contributed by atoms with van der Waals surface area (Å²) < 4.78 is 5.03. The van der Waals surface area contributed by atoms with Gasteiger partial charge in [-0.3, -0.25) is 10.1 Å². The van der Waals surface area contributed by atoms with Gasteiger partial charge in [0.1, 0.15) is 0 Å². The van der Waals surface area contributed by atoms with E-state index in [1.807, 2.05) is 6.07 Å². The summed E-state index contributed by atoms with van der Waals surface area (Å²) in [7, 11) is 1.45. The quantitative estimate of drug-likeness (QED) is 0.664. The zero-order valence-electron chi connectivity index (χ0n) is 13.0. The summed E-state index contributed by atoms with van der Waals surface area (Å²) in [6, 6.07) is 5.62. The van der Waals surface area contributed by atoms with Gasteiger partial charge < -0.3 is 10.1 Å². The number of hydrogen-bond acceptors (Lipinski definition) is 4. The molecule has 0 bridgehead atoms. The van der Waals surface area contributed by atoms with E-state index in [1.165, 1.54) is 32.8 Å². The first-order chi connectivity index (χ1) is 9.94. The average Bonchev–Trinajstić information content (AvgIpc) is 2.45. The summed E-state index contributed by atoms with van der Waals surface area (Å²) in [6.07, 6.45) is 4.95. The molecule has 116 valence electrons. The van der Waals surface area contributed by atoms with Crippen molar-refractivity contribution in [3.05, 3.63) is 33.9 Å². The molecule has 5 nitrogen and oxygen atoms in total. The SMILES string of the molecule is COc1ccc(CNC2CCCCC2(C)C)cc1[N+](=O)[O-]. The molecule has 5 heteroatoms. The summed E-state index contributed by atoms with van der Waals surface area (Å²) >= 11 is 0. The van der Waals surface area contributed by atoms with E-state index in [2.05, 4.69) is 19.2 Å². The molecule has 1 saturated carbocycles. The lowest BCUT2D eigenvalue weighted by molar-refractivity contribution is -0.385.